The maximum absolute atomic E-state index is 4.95. The van der Waals surface area contributed by atoms with Crippen LogP contribution in [0.15, 0.2) is 24.3 Å². The van der Waals surface area contributed by atoms with Crippen LogP contribution in [-0.2, 0) is 12.8 Å². The van der Waals surface area contributed by atoms with E-state index >= 15 is 0 Å². The number of thiophene rings is 2. The molecule has 3 aromatic heterocycles. The standard InChI is InChI=1S/C26H30N2S3.6CH3.2Sn/c1-3-5-7-9-11-19-15-17-29-25(19)21-13-14-22(24-23(21)27-31-28-24)26-20(16-18-30-26)12-10-8-6-4-2;;;;;;;;/h13-16H,3-12H2,1-2H3;6*1H3;;. The van der Waals surface area contributed by atoms with Gasteiger partial charge in [-0.25, -0.2) is 0 Å². The van der Waals surface area contributed by atoms with E-state index in [1.54, 1.807) is 16.9 Å². The second-order valence-electron chi connectivity index (χ2n) is 13.2. The maximum atomic E-state index is 4.95. The molecule has 0 bridgehead atoms. The van der Waals surface area contributed by atoms with E-state index in [9.17, 15) is 0 Å². The summed E-state index contributed by atoms with van der Waals surface area (Å²) in [4.78, 5) is 18.2. The Labute approximate surface area is 258 Å². The topological polar surface area (TPSA) is 25.8 Å². The molecule has 4 aromatic rings. The van der Waals surface area contributed by atoms with E-state index in [0.717, 1.165) is 11.0 Å². The third kappa shape index (κ3) is 7.91. The van der Waals surface area contributed by atoms with Crippen LogP contribution in [0.3, 0.4) is 0 Å². The number of aryl methyl sites for hydroxylation is 2. The Morgan fingerprint density at radius 2 is 1.00 bits per heavy atom. The minimum absolute atomic E-state index is 1.12. The molecule has 39 heavy (non-hydrogen) atoms. The van der Waals surface area contributed by atoms with Crippen LogP contribution in [0, 0.1) is 0 Å². The van der Waals surface area contributed by atoms with Gasteiger partial charge in [0.15, 0.2) is 0 Å². The Hall–Kier alpha value is 0.0374. The van der Waals surface area contributed by atoms with Gasteiger partial charge in [0.05, 0.1) is 0 Å². The van der Waals surface area contributed by atoms with Gasteiger partial charge in [-0.15, -0.1) is 0 Å². The minimum atomic E-state index is -2.19. The van der Waals surface area contributed by atoms with Gasteiger partial charge in [0, 0.05) is 0 Å². The Morgan fingerprint density at radius 1 is 0.590 bits per heavy atom. The average Bonchev–Trinajstić information content (AvgIpc) is 3.62. The average molecular weight is 794 g/mol. The number of hydrogen-bond acceptors (Lipinski definition) is 5. The van der Waals surface area contributed by atoms with Gasteiger partial charge < -0.3 is 0 Å². The van der Waals surface area contributed by atoms with Crippen molar-refractivity contribution in [3.63, 3.8) is 0 Å². The van der Waals surface area contributed by atoms with Crippen LogP contribution >= 0.6 is 34.4 Å². The molecule has 0 spiro atoms. The summed E-state index contributed by atoms with van der Waals surface area (Å²) in [7, 11) is 0. The van der Waals surface area contributed by atoms with Crippen LogP contribution in [0.1, 0.15) is 76.3 Å². The number of unbranched alkanes of at least 4 members (excludes halogenated alkanes) is 6. The fourth-order valence-electron chi connectivity index (χ4n) is 5.14. The van der Waals surface area contributed by atoms with Gasteiger partial charge in [-0.3, -0.25) is 0 Å². The molecule has 7 heteroatoms. The summed E-state index contributed by atoms with van der Waals surface area (Å²) in [6.45, 7) is 4.60. The van der Waals surface area contributed by atoms with E-state index in [-0.39, 0.29) is 0 Å². The molecule has 0 fully saturated rings. The van der Waals surface area contributed by atoms with Gasteiger partial charge in [0.2, 0.25) is 0 Å². The predicted octanol–water partition coefficient (Wildman–Crippen LogP) is 10.5. The molecular formula is C32H48N2S3Sn2. The number of hydrogen-bond donors (Lipinski definition) is 0. The van der Waals surface area contributed by atoms with Crippen molar-refractivity contribution in [3.05, 3.63) is 35.4 Å². The molecule has 0 saturated heterocycles. The molecule has 0 amide bonds. The van der Waals surface area contributed by atoms with E-state index < -0.39 is 36.8 Å². The molecule has 0 aliphatic carbocycles. The summed E-state index contributed by atoms with van der Waals surface area (Å²) in [6, 6.07) is 9.95. The summed E-state index contributed by atoms with van der Waals surface area (Å²) < 4.78 is 13.3. The monoisotopic (exact) mass is 796 g/mol. The molecule has 4 rings (SSSR count). The Kier molecular flexibility index (Phi) is 11.5. The van der Waals surface area contributed by atoms with Gasteiger partial charge in [-0.05, 0) is 0 Å². The Balaban J connectivity index is 1.78. The second-order valence-corrected chi connectivity index (χ2v) is 46.6. The van der Waals surface area contributed by atoms with Gasteiger partial charge in [0.1, 0.15) is 0 Å². The summed E-state index contributed by atoms with van der Waals surface area (Å²) >= 11 is 1.16. The van der Waals surface area contributed by atoms with E-state index in [4.69, 9.17) is 8.75 Å². The van der Waals surface area contributed by atoms with Crippen LogP contribution in [0.5, 0.6) is 0 Å². The van der Waals surface area contributed by atoms with Crippen molar-refractivity contribution in [3.8, 4) is 20.9 Å². The van der Waals surface area contributed by atoms with Crippen molar-refractivity contribution in [2.75, 3.05) is 0 Å². The number of benzene rings is 1. The fraction of sp³-hybridized carbons (Fsp3) is 0.562. The third-order valence-electron chi connectivity index (χ3n) is 7.60. The van der Waals surface area contributed by atoms with E-state index in [1.807, 2.05) is 0 Å². The fourth-order valence-corrected chi connectivity index (χ4v) is 18.8. The first-order valence-corrected chi connectivity index (χ1v) is 37.4. The summed E-state index contributed by atoms with van der Waals surface area (Å²) in [5.41, 5.74) is 7.98. The first-order chi connectivity index (χ1) is 18.5. The van der Waals surface area contributed by atoms with Crippen LogP contribution < -0.4 is 5.79 Å². The second kappa shape index (κ2) is 14.0. The van der Waals surface area contributed by atoms with Crippen LogP contribution in [-0.4, -0.2) is 45.5 Å². The number of aromatic nitrogens is 2. The summed E-state index contributed by atoms with van der Waals surface area (Å²) in [5, 5.41) is 0. The molecular weight excluding hydrogens is 746 g/mol. The van der Waals surface area contributed by atoms with E-state index in [0.29, 0.717) is 0 Å². The van der Waals surface area contributed by atoms with Crippen molar-refractivity contribution < 1.29 is 0 Å². The number of nitrogens with zero attached hydrogens (tertiary/aromatic N) is 2. The number of fused-ring (bicyclic) bond motifs is 1. The Bertz CT molecular complexity index is 1270. The predicted molar refractivity (Wildman–Crippen MR) is 186 cm³/mol. The van der Waals surface area contributed by atoms with Crippen LogP contribution in [0.2, 0.25) is 29.6 Å². The van der Waals surface area contributed by atoms with Crippen LogP contribution in [0.25, 0.3) is 31.9 Å². The molecule has 0 unspecified atom stereocenters. The molecule has 2 nitrogen and oxygen atoms in total. The Morgan fingerprint density at radius 3 is 1.36 bits per heavy atom. The molecule has 212 valence electrons. The van der Waals surface area contributed by atoms with Gasteiger partial charge in [-0.2, -0.15) is 0 Å². The third-order valence-corrected chi connectivity index (χ3v) is 29.4. The van der Waals surface area contributed by atoms with Crippen molar-refractivity contribution in [2.45, 2.75) is 108 Å². The molecule has 0 atom stereocenters. The first-order valence-electron chi connectivity index (χ1n) is 15.1. The van der Waals surface area contributed by atoms with Crippen molar-refractivity contribution in [1.29, 1.82) is 0 Å². The first kappa shape index (κ1) is 32.0. The quantitative estimate of drug-likeness (QED) is 0.0939. The zero-order valence-electron chi connectivity index (χ0n) is 25.5. The van der Waals surface area contributed by atoms with Crippen molar-refractivity contribution in [1.82, 2.24) is 8.75 Å². The van der Waals surface area contributed by atoms with Gasteiger partial charge in [-0.1, -0.05) is 0 Å². The van der Waals surface area contributed by atoms with Gasteiger partial charge >= 0.3 is 261 Å². The molecule has 1 aromatic carbocycles. The normalized spacial score (nSPS) is 12.6. The number of rotatable bonds is 14. The SMILES string of the molecule is CCCCCCc1c[c]([Sn]([CH3])([CH3])[CH3])sc1-c1ccc(-c2s[c]([Sn]([CH3])([CH3])[CH3])cc2CCCCCC)c2nsnc12. The molecule has 0 aliphatic heterocycles. The van der Waals surface area contributed by atoms with Crippen LogP contribution in [0.4, 0.5) is 0 Å². The van der Waals surface area contributed by atoms with E-state index in [1.165, 1.54) is 96.8 Å². The summed E-state index contributed by atoms with van der Waals surface area (Å²) in [5.74, 6) is 0. The summed E-state index contributed by atoms with van der Waals surface area (Å²) in [6.07, 6.45) is 12.8. The van der Waals surface area contributed by atoms with E-state index in [2.05, 4.69) is 90.4 Å². The van der Waals surface area contributed by atoms with Gasteiger partial charge in [0.25, 0.3) is 0 Å². The zero-order valence-corrected chi connectivity index (χ0v) is 33.7. The zero-order chi connectivity index (χ0) is 28.2. The molecule has 3 heterocycles. The molecule has 0 radical (unpaired) electrons. The van der Waals surface area contributed by atoms with Crippen molar-refractivity contribution >= 4 is 88.0 Å². The molecule has 0 aliphatic rings. The van der Waals surface area contributed by atoms with Crippen molar-refractivity contribution in [2.24, 2.45) is 0 Å². The molecule has 0 N–H and O–H groups in total. The molecule has 0 saturated carbocycles.